The molecular formula is C16H22N2O3. The lowest BCUT2D eigenvalue weighted by Crippen LogP contribution is -2.29. The zero-order valence-corrected chi connectivity index (χ0v) is 12.5. The van der Waals surface area contributed by atoms with Gasteiger partial charge in [0.15, 0.2) is 0 Å². The van der Waals surface area contributed by atoms with Crippen LogP contribution in [0, 0.1) is 11.8 Å². The van der Waals surface area contributed by atoms with E-state index < -0.39 is 0 Å². The molecule has 0 radical (unpaired) electrons. The molecule has 1 aliphatic rings. The molecule has 0 bridgehead atoms. The Balaban J connectivity index is 1.75. The van der Waals surface area contributed by atoms with E-state index in [-0.39, 0.29) is 24.2 Å². The van der Waals surface area contributed by atoms with Crippen molar-refractivity contribution in [1.82, 2.24) is 5.32 Å². The number of amides is 2. The predicted octanol–water partition coefficient (Wildman–Crippen LogP) is 2.19. The topological polar surface area (TPSA) is 67.4 Å². The number of nitrogens with one attached hydrogen (secondary N) is 2. The zero-order valence-electron chi connectivity index (χ0n) is 12.5. The molecule has 0 aliphatic heterocycles. The first-order valence-corrected chi connectivity index (χ1v) is 7.41. The number of hydrogen-bond donors (Lipinski definition) is 2. The summed E-state index contributed by atoms with van der Waals surface area (Å²) >= 11 is 0. The van der Waals surface area contributed by atoms with Crippen LogP contribution in [0.4, 0.5) is 5.69 Å². The molecule has 2 amide bonds. The van der Waals surface area contributed by atoms with Crippen LogP contribution in [0.1, 0.15) is 26.7 Å². The molecule has 2 rings (SSSR count). The molecule has 1 aromatic rings. The molecule has 0 heterocycles. The lowest BCUT2D eigenvalue weighted by molar-refractivity contribution is -0.122. The number of hydrogen-bond acceptors (Lipinski definition) is 3. The van der Waals surface area contributed by atoms with E-state index in [2.05, 4.69) is 17.6 Å². The summed E-state index contributed by atoms with van der Waals surface area (Å²) in [5, 5.41) is 5.61. The van der Waals surface area contributed by atoms with Crippen molar-refractivity contribution in [2.75, 3.05) is 18.5 Å². The van der Waals surface area contributed by atoms with E-state index in [0.29, 0.717) is 30.5 Å². The Bertz CT molecular complexity index is 516. The molecule has 5 nitrogen and oxygen atoms in total. The summed E-state index contributed by atoms with van der Waals surface area (Å²) in [6.07, 6.45) is 1.22. The van der Waals surface area contributed by atoms with Crippen molar-refractivity contribution in [2.24, 2.45) is 11.8 Å². The Hall–Kier alpha value is -2.04. The van der Waals surface area contributed by atoms with Crippen LogP contribution in [0.2, 0.25) is 0 Å². The van der Waals surface area contributed by atoms with Crippen molar-refractivity contribution in [3.05, 3.63) is 24.3 Å². The summed E-state index contributed by atoms with van der Waals surface area (Å²) in [5.41, 5.74) is 0.659. The maximum absolute atomic E-state index is 11.9. The number of carbonyl (C=O) groups is 2. The maximum Gasteiger partial charge on any atom is 0.226 e. The molecule has 1 aliphatic carbocycles. The summed E-state index contributed by atoms with van der Waals surface area (Å²) < 4.78 is 5.45. The average Bonchev–Trinajstić information content (AvgIpc) is 3.18. The van der Waals surface area contributed by atoms with Crippen LogP contribution < -0.4 is 15.4 Å². The second-order valence-corrected chi connectivity index (χ2v) is 5.34. The second-order valence-electron chi connectivity index (χ2n) is 5.34. The Labute approximate surface area is 125 Å². The molecule has 0 spiro atoms. The second kappa shape index (κ2) is 7.11. The van der Waals surface area contributed by atoms with Crippen LogP contribution in [0.15, 0.2) is 24.3 Å². The largest absolute Gasteiger partial charge is 0.492 e. The number of rotatable bonds is 7. The molecule has 2 atom stereocenters. The van der Waals surface area contributed by atoms with Crippen LogP contribution in [0.25, 0.3) is 0 Å². The van der Waals surface area contributed by atoms with Crippen molar-refractivity contribution >= 4 is 17.5 Å². The minimum atomic E-state index is -0.133. The van der Waals surface area contributed by atoms with Crippen LogP contribution in [0.5, 0.6) is 5.75 Å². The highest BCUT2D eigenvalue weighted by molar-refractivity contribution is 5.92. The van der Waals surface area contributed by atoms with E-state index in [1.165, 1.54) is 0 Å². The fraction of sp³-hybridized carbons (Fsp3) is 0.500. The lowest BCUT2D eigenvalue weighted by atomic mass is 10.2. The molecule has 0 aromatic heterocycles. The van der Waals surface area contributed by atoms with Crippen LogP contribution in [-0.4, -0.2) is 25.0 Å². The van der Waals surface area contributed by atoms with E-state index in [9.17, 15) is 9.59 Å². The van der Waals surface area contributed by atoms with Gasteiger partial charge in [0.2, 0.25) is 11.8 Å². The van der Waals surface area contributed by atoms with Crippen molar-refractivity contribution in [1.29, 1.82) is 0 Å². The molecule has 114 valence electrons. The highest BCUT2D eigenvalue weighted by Gasteiger charge is 2.38. The minimum absolute atomic E-state index is 0.0602. The zero-order chi connectivity index (χ0) is 15.2. The number of carbonyl (C=O) groups excluding carboxylic acids is 2. The summed E-state index contributed by atoms with van der Waals surface area (Å²) in [4.78, 5) is 23.5. The van der Waals surface area contributed by atoms with Crippen molar-refractivity contribution in [2.45, 2.75) is 26.7 Å². The first-order chi connectivity index (χ1) is 10.1. The molecule has 0 unspecified atom stereocenters. The fourth-order valence-electron chi connectivity index (χ4n) is 2.18. The van der Waals surface area contributed by atoms with Gasteiger partial charge >= 0.3 is 0 Å². The van der Waals surface area contributed by atoms with Gasteiger partial charge in [-0.25, -0.2) is 0 Å². The third kappa shape index (κ3) is 4.48. The third-order valence-electron chi connectivity index (χ3n) is 3.56. The van der Waals surface area contributed by atoms with Crippen molar-refractivity contribution in [3.8, 4) is 5.75 Å². The Kier molecular flexibility index (Phi) is 5.20. The highest BCUT2D eigenvalue weighted by atomic mass is 16.5. The molecule has 1 saturated carbocycles. The minimum Gasteiger partial charge on any atom is -0.492 e. The van der Waals surface area contributed by atoms with Gasteiger partial charge in [-0.2, -0.15) is 0 Å². The number of ether oxygens (including phenoxy) is 1. The first-order valence-electron chi connectivity index (χ1n) is 7.41. The lowest BCUT2D eigenvalue weighted by Gasteiger charge is -2.11. The number of benzene rings is 1. The van der Waals surface area contributed by atoms with Gasteiger partial charge in [0.1, 0.15) is 5.75 Å². The summed E-state index contributed by atoms with van der Waals surface area (Å²) in [5.74, 6) is 1.21. The van der Waals surface area contributed by atoms with Gasteiger partial charge in [0.05, 0.1) is 12.3 Å². The highest BCUT2D eigenvalue weighted by Crippen LogP contribution is 2.37. The predicted molar refractivity (Wildman–Crippen MR) is 81.1 cm³/mol. The number of anilines is 1. The van der Waals surface area contributed by atoms with Gasteiger partial charge in [-0.3, -0.25) is 9.59 Å². The van der Waals surface area contributed by atoms with E-state index in [1.807, 2.05) is 25.1 Å². The molecule has 0 saturated heterocycles. The van der Waals surface area contributed by atoms with Crippen LogP contribution >= 0.6 is 0 Å². The molecule has 5 heteroatoms. The molecule has 2 N–H and O–H groups in total. The molecule has 21 heavy (non-hydrogen) atoms. The smallest absolute Gasteiger partial charge is 0.226 e. The van der Waals surface area contributed by atoms with E-state index >= 15 is 0 Å². The normalized spacial score (nSPS) is 19.7. The molecular weight excluding hydrogens is 268 g/mol. The summed E-state index contributed by atoms with van der Waals surface area (Å²) in [6.45, 7) is 4.86. The van der Waals surface area contributed by atoms with Gasteiger partial charge in [0.25, 0.3) is 0 Å². The van der Waals surface area contributed by atoms with E-state index in [0.717, 1.165) is 6.42 Å². The monoisotopic (exact) mass is 290 g/mol. The van der Waals surface area contributed by atoms with Gasteiger partial charge < -0.3 is 15.4 Å². The average molecular weight is 290 g/mol. The quantitative estimate of drug-likeness (QED) is 0.809. The third-order valence-corrected chi connectivity index (χ3v) is 3.56. The SMILES string of the molecule is CCOc1ccccc1NC(=O)CCNC(=O)[C@@H]1C[C@H]1C. The molecule has 1 fully saturated rings. The van der Waals surface area contributed by atoms with E-state index in [1.54, 1.807) is 6.07 Å². The van der Waals surface area contributed by atoms with Gasteiger partial charge in [0, 0.05) is 18.9 Å². The van der Waals surface area contributed by atoms with Crippen LogP contribution in [0.3, 0.4) is 0 Å². The van der Waals surface area contributed by atoms with Gasteiger partial charge in [-0.05, 0) is 31.4 Å². The standard InChI is InChI=1S/C16H22N2O3/c1-3-21-14-7-5-4-6-13(14)18-15(19)8-9-17-16(20)12-10-11(12)2/h4-7,11-12H,3,8-10H2,1-2H3,(H,17,20)(H,18,19)/t11-,12-/m1/s1. The Morgan fingerprint density at radius 2 is 2.05 bits per heavy atom. The van der Waals surface area contributed by atoms with Crippen LogP contribution in [-0.2, 0) is 9.59 Å². The number of para-hydroxylation sites is 2. The van der Waals surface area contributed by atoms with Crippen molar-refractivity contribution in [3.63, 3.8) is 0 Å². The Morgan fingerprint density at radius 1 is 1.33 bits per heavy atom. The summed E-state index contributed by atoms with van der Waals surface area (Å²) in [7, 11) is 0. The Morgan fingerprint density at radius 3 is 2.71 bits per heavy atom. The fourth-order valence-corrected chi connectivity index (χ4v) is 2.18. The van der Waals surface area contributed by atoms with Crippen molar-refractivity contribution < 1.29 is 14.3 Å². The molecule has 1 aromatic carbocycles. The maximum atomic E-state index is 11.9. The van der Waals surface area contributed by atoms with Gasteiger partial charge in [-0.1, -0.05) is 19.1 Å². The van der Waals surface area contributed by atoms with Gasteiger partial charge in [-0.15, -0.1) is 0 Å². The van der Waals surface area contributed by atoms with E-state index in [4.69, 9.17) is 4.74 Å². The first kappa shape index (κ1) is 15.4. The summed E-state index contributed by atoms with van der Waals surface area (Å²) in [6, 6.07) is 7.31.